The highest BCUT2D eigenvalue weighted by Gasteiger charge is 2.11. The number of aryl methyl sites for hydroxylation is 1. The molecule has 0 saturated heterocycles. The maximum Gasteiger partial charge on any atom is 0.263 e. The average Bonchev–Trinajstić information content (AvgIpc) is 2.90. The van der Waals surface area contributed by atoms with E-state index in [4.69, 9.17) is 4.52 Å². The van der Waals surface area contributed by atoms with Gasteiger partial charge in [-0.3, -0.25) is 0 Å². The van der Waals surface area contributed by atoms with Crippen molar-refractivity contribution >= 4 is 28.7 Å². The molecule has 2 aromatic heterocycles. The molecule has 5 nitrogen and oxygen atoms in total. The first-order valence-electron chi connectivity index (χ1n) is 6.71. The minimum Gasteiger partial charge on any atom is -0.369 e. The van der Waals surface area contributed by atoms with Crippen molar-refractivity contribution in [2.24, 2.45) is 0 Å². The predicted molar refractivity (Wildman–Crippen MR) is 84.8 cm³/mol. The molecule has 0 fully saturated rings. The van der Waals surface area contributed by atoms with Crippen molar-refractivity contribution in [1.82, 2.24) is 15.1 Å². The normalized spacial score (nSPS) is 11.0. The van der Waals surface area contributed by atoms with Crippen molar-refractivity contribution in [3.63, 3.8) is 0 Å². The molecule has 0 bridgehead atoms. The van der Waals surface area contributed by atoms with Gasteiger partial charge in [0.1, 0.15) is 17.5 Å². The topological polar surface area (TPSA) is 63.8 Å². The zero-order valence-corrected chi connectivity index (χ0v) is 12.8. The fraction of sp³-hybridized carbons (Fsp3) is 0.267. The molecule has 1 aromatic carbocycles. The van der Waals surface area contributed by atoms with Crippen molar-refractivity contribution in [2.75, 3.05) is 18.1 Å². The van der Waals surface area contributed by atoms with Crippen molar-refractivity contribution in [2.45, 2.75) is 18.2 Å². The van der Waals surface area contributed by atoms with Gasteiger partial charge in [-0.05, 0) is 37.3 Å². The van der Waals surface area contributed by atoms with E-state index < -0.39 is 0 Å². The quantitative estimate of drug-likeness (QED) is 0.729. The van der Waals surface area contributed by atoms with Crippen LogP contribution >= 0.6 is 11.8 Å². The summed E-state index contributed by atoms with van der Waals surface area (Å²) in [5.41, 5.74) is 2.62. The molecule has 1 N–H and O–H groups in total. The Kier molecular flexibility index (Phi) is 4.06. The number of hydrogen-bond acceptors (Lipinski definition) is 6. The largest absolute Gasteiger partial charge is 0.369 e. The van der Waals surface area contributed by atoms with E-state index in [0.717, 1.165) is 29.9 Å². The monoisotopic (exact) mass is 300 g/mol. The summed E-state index contributed by atoms with van der Waals surface area (Å²) < 4.78 is 5.14. The van der Waals surface area contributed by atoms with Gasteiger partial charge >= 0.3 is 0 Å². The van der Waals surface area contributed by atoms with Gasteiger partial charge in [-0.1, -0.05) is 17.3 Å². The van der Waals surface area contributed by atoms with Crippen LogP contribution in [0.5, 0.6) is 0 Å². The summed E-state index contributed by atoms with van der Waals surface area (Å²) in [5.74, 6) is 0.777. The summed E-state index contributed by atoms with van der Waals surface area (Å²) in [7, 11) is 0. The Morgan fingerprint density at radius 2 is 2.00 bits per heavy atom. The molecule has 0 radical (unpaired) electrons. The van der Waals surface area contributed by atoms with Crippen LogP contribution in [0.4, 0.5) is 5.82 Å². The highest BCUT2D eigenvalue weighted by atomic mass is 32.2. The minimum absolute atomic E-state index is 0.523. The van der Waals surface area contributed by atoms with Gasteiger partial charge in [0.2, 0.25) is 0 Å². The summed E-state index contributed by atoms with van der Waals surface area (Å²) >= 11 is 1.75. The van der Waals surface area contributed by atoms with E-state index in [1.165, 1.54) is 16.8 Å². The Bertz CT molecular complexity index is 739. The lowest BCUT2D eigenvalue weighted by atomic mass is 10.1. The molecule has 21 heavy (non-hydrogen) atoms. The molecule has 0 aliphatic carbocycles. The highest BCUT2D eigenvalue weighted by molar-refractivity contribution is 7.98. The molecule has 3 aromatic rings. The Labute approximate surface area is 127 Å². The summed E-state index contributed by atoms with van der Waals surface area (Å²) in [6.07, 6.45) is 4.51. The number of thioether (sulfide) groups is 1. The molecule has 3 rings (SSSR count). The predicted octanol–water partition coefficient (Wildman–Crippen LogP) is 3.30. The first-order valence-corrected chi connectivity index (χ1v) is 7.94. The zero-order valence-electron chi connectivity index (χ0n) is 12.0. The molecule has 0 atom stereocenters. The van der Waals surface area contributed by atoms with Crippen LogP contribution in [0.2, 0.25) is 0 Å². The molecular weight excluding hydrogens is 284 g/mol. The van der Waals surface area contributed by atoms with Crippen molar-refractivity contribution in [1.29, 1.82) is 0 Å². The Hall–Kier alpha value is -2.08. The summed E-state index contributed by atoms with van der Waals surface area (Å²) in [4.78, 5) is 9.62. The van der Waals surface area contributed by atoms with E-state index in [-0.39, 0.29) is 0 Å². The second-order valence-electron chi connectivity index (χ2n) is 4.70. The summed E-state index contributed by atoms with van der Waals surface area (Å²) in [6, 6.07) is 8.61. The van der Waals surface area contributed by atoms with Gasteiger partial charge in [0, 0.05) is 11.4 Å². The van der Waals surface area contributed by atoms with E-state index in [1.807, 2.05) is 6.92 Å². The van der Waals surface area contributed by atoms with E-state index in [1.54, 1.807) is 11.8 Å². The zero-order chi connectivity index (χ0) is 14.7. The van der Waals surface area contributed by atoms with Gasteiger partial charge in [0.25, 0.3) is 5.71 Å². The molecule has 6 heteroatoms. The average molecular weight is 300 g/mol. The summed E-state index contributed by atoms with van der Waals surface area (Å²) in [5, 5.41) is 8.11. The molecule has 0 amide bonds. The third kappa shape index (κ3) is 3.00. The van der Waals surface area contributed by atoms with Gasteiger partial charge in [-0.15, -0.1) is 11.8 Å². The second-order valence-corrected chi connectivity index (χ2v) is 5.57. The number of benzene rings is 1. The Balaban J connectivity index is 1.67. The number of rotatable bonds is 5. The van der Waals surface area contributed by atoms with Gasteiger partial charge in [0.15, 0.2) is 0 Å². The van der Waals surface area contributed by atoms with Crippen molar-refractivity contribution < 1.29 is 4.52 Å². The van der Waals surface area contributed by atoms with Gasteiger partial charge < -0.3 is 9.84 Å². The SMILES string of the molecule is CSc1ccc(CCNc2ncnc3onc(C)c23)cc1. The number of aromatic nitrogens is 3. The van der Waals surface area contributed by atoms with Crippen LogP contribution in [-0.4, -0.2) is 27.9 Å². The van der Waals surface area contributed by atoms with Gasteiger partial charge in [-0.2, -0.15) is 4.98 Å². The van der Waals surface area contributed by atoms with E-state index in [2.05, 4.69) is 51.0 Å². The second kappa shape index (κ2) is 6.13. The lowest BCUT2D eigenvalue weighted by Gasteiger charge is -2.06. The van der Waals surface area contributed by atoms with Gasteiger partial charge in [-0.25, -0.2) is 4.98 Å². The number of anilines is 1. The van der Waals surface area contributed by atoms with Crippen molar-refractivity contribution in [3.8, 4) is 0 Å². The third-order valence-electron chi connectivity index (χ3n) is 3.31. The number of nitrogens with one attached hydrogen (secondary N) is 1. The summed E-state index contributed by atoms with van der Waals surface area (Å²) in [6.45, 7) is 2.69. The third-order valence-corrected chi connectivity index (χ3v) is 4.05. The highest BCUT2D eigenvalue weighted by Crippen LogP contribution is 2.22. The van der Waals surface area contributed by atoms with Crippen LogP contribution < -0.4 is 5.32 Å². The van der Waals surface area contributed by atoms with Crippen molar-refractivity contribution in [3.05, 3.63) is 41.9 Å². The number of hydrogen-bond donors (Lipinski definition) is 1. The molecule has 0 aliphatic rings. The van der Waals surface area contributed by atoms with Crippen LogP contribution in [-0.2, 0) is 6.42 Å². The molecule has 0 saturated carbocycles. The maximum atomic E-state index is 5.14. The lowest BCUT2D eigenvalue weighted by molar-refractivity contribution is 0.442. The number of fused-ring (bicyclic) bond motifs is 1. The first kappa shape index (κ1) is 13.9. The molecule has 2 heterocycles. The minimum atomic E-state index is 0.523. The number of nitrogens with zero attached hydrogens (tertiary/aromatic N) is 3. The molecule has 0 spiro atoms. The molecule has 0 unspecified atom stereocenters. The van der Waals surface area contributed by atoms with Crippen LogP contribution in [0.3, 0.4) is 0 Å². The first-order chi connectivity index (χ1) is 10.3. The van der Waals surface area contributed by atoms with Crippen LogP contribution in [0, 0.1) is 6.92 Å². The standard InChI is InChI=1S/C15H16N4OS/c1-10-13-14(17-9-18-15(13)20-19-10)16-8-7-11-3-5-12(21-2)6-4-11/h3-6,9H,7-8H2,1-2H3,(H,16,17,18). The molecule has 108 valence electrons. The van der Waals surface area contributed by atoms with E-state index >= 15 is 0 Å². The Morgan fingerprint density at radius 1 is 1.19 bits per heavy atom. The van der Waals surface area contributed by atoms with Gasteiger partial charge in [0.05, 0.1) is 5.69 Å². The van der Waals surface area contributed by atoms with Crippen LogP contribution in [0.1, 0.15) is 11.3 Å². The van der Waals surface area contributed by atoms with Crippen LogP contribution in [0.15, 0.2) is 40.0 Å². The van der Waals surface area contributed by atoms with E-state index in [9.17, 15) is 0 Å². The fourth-order valence-corrected chi connectivity index (χ4v) is 2.58. The molecule has 0 aliphatic heterocycles. The Morgan fingerprint density at radius 3 is 2.76 bits per heavy atom. The molecular formula is C15H16N4OS. The van der Waals surface area contributed by atoms with Crippen LogP contribution in [0.25, 0.3) is 11.1 Å². The smallest absolute Gasteiger partial charge is 0.263 e. The fourth-order valence-electron chi connectivity index (χ4n) is 2.17. The van der Waals surface area contributed by atoms with E-state index in [0.29, 0.717) is 5.71 Å². The maximum absolute atomic E-state index is 5.14. The lowest BCUT2D eigenvalue weighted by Crippen LogP contribution is -2.07.